The molecule has 0 saturated heterocycles. The Labute approximate surface area is 106 Å². The first-order valence-corrected chi connectivity index (χ1v) is 5.76. The molecule has 7 nitrogen and oxygen atoms in total. The Bertz CT molecular complexity index is 317. The molecule has 2 atom stereocenters. The monoisotopic (exact) mass is 259 g/mol. The summed E-state index contributed by atoms with van der Waals surface area (Å²) in [5.74, 6) is -2.15. The molecule has 0 aliphatic rings. The van der Waals surface area contributed by atoms with Gasteiger partial charge < -0.3 is 21.1 Å². The van der Waals surface area contributed by atoms with Crippen LogP contribution in [0.4, 0.5) is 0 Å². The summed E-state index contributed by atoms with van der Waals surface area (Å²) in [6, 6.07) is -1.35. The van der Waals surface area contributed by atoms with Crippen LogP contribution in [-0.2, 0) is 14.4 Å². The minimum Gasteiger partial charge on any atom is -0.480 e. The normalized spacial score (nSPS) is 13.8. The molecule has 0 rings (SSSR count). The highest BCUT2D eigenvalue weighted by atomic mass is 16.4. The summed E-state index contributed by atoms with van der Waals surface area (Å²) < 4.78 is 0. The van der Waals surface area contributed by atoms with E-state index in [-0.39, 0.29) is 18.4 Å². The van der Waals surface area contributed by atoms with E-state index >= 15 is 0 Å². The van der Waals surface area contributed by atoms with Crippen LogP contribution in [0.1, 0.15) is 20.8 Å². The number of carboxylic acids is 1. The topological polar surface area (TPSA) is 108 Å². The van der Waals surface area contributed by atoms with Crippen LogP contribution >= 0.6 is 0 Å². The van der Waals surface area contributed by atoms with Gasteiger partial charge in [-0.1, -0.05) is 13.8 Å². The van der Waals surface area contributed by atoms with Gasteiger partial charge in [-0.25, -0.2) is 4.79 Å². The molecule has 18 heavy (non-hydrogen) atoms. The lowest BCUT2D eigenvalue weighted by molar-refractivity contribution is -0.143. The zero-order chi connectivity index (χ0) is 14.3. The molecule has 0 aliphatic carbocycles. The van der Waals surface area contributed by atoms with Crippen molar-refractivity contribution in [1.29, 1.82) is 0 Å². The molecule has 0 aromatic rings. The number of rotatable bonds is 7. The van der Waals surface area contributed by atoms with Gasteiger partial charge in [-0.15, -0.1) is 0 Å². The number of aliphatic carboxylic acids is 1. The maximum absolute atomic E-state index is 11.5. The fraction of sp³-hybridized carbons (Fsp3) is 0.727. The fourth-order valence-corrected chi connectivity index (χ4v) is 1.19. The second-order valence-electron chi connectivity index (χ2n) is 4.36. The van der Waals surface area contributed by atoms with Crippen molar-refractivity contribution in [2.45, 2.75) is 32.9 Å². The van der Waals surface area contributed by atoms with Crippen molar-refractivity contribution in [2.75, 3.05) is 13.6 Å². The van der Waals surface area contributed by atoms with Gasteiger partial charge in [0, 0.05) is 0 Å². The lowest BCUT2D eigenvalue weighted by Crippen LogP contribution is -2.49. The molecular weight excluding hydrogens is 238 g/mol. The third-order valence-electron chi connectivity index (χ3n) is 2.50. The number of hydrogen-bond acceptors (Lipinski definition) is 4. The smallest absolute Gasteiger partial charge is 0.326 e. The summed E-state index contributed by atoms with van der Waals surface area (Å²) in [5, 5.41) is 16.4. The molecule has 104 valence electrons. The second kappa shape index (κ2) is 7.65. The molecule has 0 unspecified atom stereocenters. The van der Waals surface area contributed by atoms with Crippen LogP contribution in [0.5, 0.6) is 0 Å². The number of amides is 2. The second-order valence-corrected chi connectivity index (χ2v) is 4.36. The van der Waals surface area contributed by atoms with E-state index in [2.05, 4.69) is 16.0 Å². The minimum atomic E-state index is -1.09. The molecule has 0 radical (unpaired) electrons. The number of carbonyl (C=O) groups is 3. The van der Waals surface area contributed by atoms with Gasteiger partial charge in [-0.05, 0) is 19.9 Å². The van der Waals surface area contributed by atoms with Crippen molar-refractivity contribution in [2.24, 2.45) is 5.92 Å². The summed E-state index contributed by atoms with van der Waals surface area (Å²) >= 11 is 0. The number of hydrogen-bond donors (Lipinski definition) is 4. The molecule has 0 aliphatic heterocycles. The Hall–Kier alpha value is -1.63. The average molecular weight is 259 g/mol. The molecule has 4 N–H and O–H groups in total. The van der Waals surface area contributed by atoms with Gasteiger partial charge in [0.25, 0.3) is 0 Å². The Morgan fingerprint density at radius 3 is 2.11 bits per heavy atom. The maximum atomic E-state index is 11.5. The summed E-state index contributed by atoms with van der Waals surface area (Å²) in [4.78, 5) is 33.7. The number of carbonyl (C=O) groups excluding carboxylic acids is 2. The SMILES string of the molecule is CN[C@@H](C)C(=O)NCC(=O)N[C@H](C(=O)O)C(C)C. The van der Waals surface area contributed by atoms with Crippen molar-refractivity contribution in [1.82, 2.24) is 16.0 Å². The zero-order valence-electron chi connectivity index (χ0n) is 11.1. The third-order valence-corrected chi connectivity index (χ3v) is 2.50. The Balaban J connectivity index is 4.19. The maximum Gasteiger partial charge on any atom is 0.326 e. The van der Waals surface area contributed by atoms with Gasteiger partial charge in [-0.3, -0.25) is 9.59 Å². The van der Waals surface area contributed by atoms with E-state index in [9.17, 15) is 14.4 Å². The predicted octanol–water partition coefficient (Wildman–Crippen LogP) is -1.06. The van der Waals surface area contributed by atoms with Crippen molar-refractivity contribution in [3.63, 3.8) is 0 Å². The average Bonchev–Trinajstić information content (AvgIpc) is 2.30. The van der Waals surface area contributed by atoms with Gasteiger partial charge >= 0.3 is 5.97 Å². The van der Waals surface area contributed by atoms with Crippen molar-refractivity contribution >= 4 is 17.8 Å². The molecule has 0 heterocycles. The lowest BCUT2D eigenvalue weighted by atomic mass is 10.1. The lowest BCUT2D eigenvalue weighted by Gasteiger charge is -2.18. The van der Waals surface area contributed by atoms with Gasteiger partial charge in [-0.2, -0.15) is 0 Å². The van der Waals surface area contributed by atoms with E-state index in [0.717, 1.165) is 0 Å². The van der Waals surface area contributed by atoms with Crippen molar-refractivity contribution in [3.8, 4) is 0 Å². The van der Waals surface area contributed by atoms with Gasteiger partial charge in [0.1, 0.15) is 6.04 Å². The first kappa shape index (κ1) is 16.4. The first-order valence-electron chi connectivity index (χ1n) is 5.76. The standard InChI is InChI=1S/C11H21N3O4/c1-6(2)9(11(17)18)14-8(15)5-13-10(16)7(3)12-4/h6-7,9,12H,5H2,1-4H3,(H,13,16)(H,14,15)(H,17,18)/t7-,9-/m0/s1. The van der Waals surface area contributed by atoms with Gasteiger partial charge in [0.05, 0.1) is 12.6 Å². The van der Waals surface area contributed by atoms with E-state index < -0.39 is 24.0 Å². The van der Waals surface area contributed by atoms with Crippen LogP contribution in [0.25, 0.3) is 0 Å². The molecule has 0 aromatic carbocycles. The van der Waals surface area contributed by atoms with E-state index in [1.54, 1.807) is 27.8 Å². The fourth-order valence-electron chi connectivity index (χ4n) is 1.19. The zero-order valence-corrected chi connectivity index (χ0v) is 11.1. The van der Waals surface area contributed by atoms with Crippen LogP contribution in [0.3, 0.4) is 0 Å². The van der Waals surface area contributed by atoms with Crippen molar-refractivity contribution in [3.05, 3.63) is 0 Å². The molecule has 2 amide bonds. The molecule has 0 spiro atoms. The minimum absolute atomic E-state index is 0.224. The molecule has 0 aromatic heterocycles. The number of likely N-dealkylation sites (N-methyl/N-ethyl adjacent to an activating group) is 1. The molecule has 7 heteroatoms. The van der Waals surface area contributed by atoms with Crippen LogP contribution < -0.4 is 16.0 Å². The van der Waals surface area contributed by atoms with Crippen molar-refractivity contribution < 1.29 is 19.5 Å². The Morgan fingerprint density at radius 2 is 1.72 bits per heavy atom. The van der Waals surface area contributed by atoms with Crippen LogP contribution in [0.2, 0.25) is 0 Å². The van der Waals surface area contributed by atoms with Crippen LogP contribution in [-0.4, -0.2) is 48.6 Å². The highest BCUT2D eigenvalue weighted by Crippen LogP contribution is 2.01. The van der Waals surface area contributed by atoms with E-state index in [1.807, 2.05) is 0 Å². The third kappa shape index (κ3) is 5.62. The van der Waals surface area contributed by atoms with E-state index in [1.165, 1.54) is 0 Å². The van der Waals surface area contributed by atoms with Crippen LogP contribution in [0, 0.1) is 5.92 Å². The molecular formula is C11H21N3O4. The number of carboxylic acid groups (broad SMARTS) is 1. The largest absolute Gasteiger partial charge is 0.480 e. The Kier molecular flexibility index (Phi) is 6.96. The molecule has 0 bridgehead atoms. The Morgan fingerprint density at radius 1 is 1.17 bits per heavy atom. The molecule has 0 saturated carbocycles. The molecule has 0 fully saturated rings. The summed E-state index contributed by atoms with van der Waals surface area (Å²) in [6.07, 6.45) is 0. The highest BCUT2D eigenvalue weighted by Gasteiger charge is 2.23. The summed E-state index contributed by atoms with van der Waals surface area (Å²) in [5.41, 5.74) is 0. The first-order chi connectivity index (χ1) is 8.29. The summed E-state index contributed by atoms with van der Waals surface area (Å²) in [6.45, 7) is 4.81. The number of nitrogens with one attached hydrogen (secondary N) is 3. The summed E-state index contributed by atoms with van der Waals surface area (Å²) in [7, 11) is 1.63. The predicted molar refractivity (Wildman–Crippen MR) is 65.9 cm³/mol. The van der Waals surface area contributed by atoms with Crippen LogP contribution in [0.15, 0.2) is 0 Å². The van der Waals surface area contributed by atoms with E-state index in [0.29, 0.717) is 0 Å². The quantitative estimate of drug-likeness (QED) is 0.466. The van der Waals surface area contributed by atoms with Gasteiger partial charge in [0.2, 0.25) is 11.8 Å². The highest BCUT2D eigenvalue weighted by molar-refractivity contribution is 5.89. The van der Waals surface area contributed by atoms with E-state index in [4.69, 9.17) is 5.11 Å². The van der Waals surface area contributed by atoms with Gasteiger partial charge in [0.15, 0.2) is 0 Å².